The van der Waals surface area contributed by atoms with Crippen LogP contribution in [0.25, 0.3) is 0 Å². The van der Waals surface area contributed by atoms with Crippen molar-refractivity contribution in [3.63, 3.8) is 0 Å². The van der Waals surface area contributed by atoms with Crippen LogP contribution in [0.2, 0.25) is 0 Å². The summed E-state index contributed by atoms with van der Waals surface area (Å²) in [5, 5.41) is 4.02. The minimum Gasteiger partial charge on any atom is -0.381 e. The molecule has 0 spiro atoms. The van der Waals surface area contributed by atoms with Crippen molar-refractivity contribution in [2.24, 2.45) is 11.3 Å². The molecule has 1 unspecified atom stereocenters. The highest BCUT2D eigenvalue weighted by Gasteiger charge is 2.25. The summed E-state index contributed by atoms with van der Waals surface area (Å²) < 4.78 is 28.7. The Morgan fingerprint density at radius 1 is 1.45 bits per heavy atom. The Morgan fingerprint density at radius 3 is 2.55 bits per heavy atom. The van der Waals surface area contributed by atoms with Crippen LogP contribution in [0.1, 0.15) is 41.0 Å². The maximum atomic E-state index is 12.3. The molecular formula is C13H26N4O2S. The summed E-state index contributed by atoms with van der Waals surface area (Å²) >= 11 is 0. The lowest BCUT2D eigenvalue weighted by molar-refractivity contribution is 0.263. The number of hydrogen-bond donors (Lipinski definition) is 2. The van der Waals surface area contributed by atoms with Gasteiger partial charge in [-0.05, 0) is 17.8 Å². The van der Waals surface area contributed by atoms with Gasteiger partial charge in [-0.1, -0.05) is 34.6 Å². The third kappa shape index (κ3) is 4.21. The highest BCUT2D eigenvalue weighted by Crippen LogP contribution is 2.25. The molecule has 0 aliphatic carbocycles. The fraction of sp³-hybridized carbons (Fsp3) is 0.769. The van der Waals surface area contributed by atoms with Gasteiger partial charge in [-0.3, -0.25) is 4.68 Å². The highest BCUT2D eigenvalue weighted by atomic mass is 32.2. The van der Waals surface area contributed by atoms with Gasteiger partial charge < -0.3 is 5.73 Å². The Bertz CT molecular complexity index is 543. The number of hydrogen-bond acceptors (Lipinski definition) is 4. The van der Waals surface area contributed by atoms with Gasteiger partial charge in [-0.25, -0.2) is 13.1 Å². The van der Waals surface area contributed by atoms with E-state index in [0.29, 0.717) is 13.1 Å². The van der Waals surface area contributed by atoms with E-state index < -0.39 is 10.0 Å². The minimum absolute atomic E-state index is 0.0421. The van der Waals surface area contributed by atoms with E-state index in [1.165, 1.54) is 6.20 Å². The summed E-state index contributed by atoms with van der Waals surface area (Å²) in [6.07, 6.45) is 2.36. The van der Waals surface area contributed by atoms with Crippen molar-refractivity contribution in [3.05, 3.63) is 6.20 Å². The van der Waals surface area contributed by atoms with Gasteiger partial charge in [0.25, 0.3) is 0 Å². The molecule has 20 heavy (non-hydrogen) atoms. The number of nitrogen functional groups attached to an aromatic ring is 1. The van der Waals surface area contributed by atoms with Gasteiger partial charge in [0.2, 0.25) is 10.0 Å². The first-order valence-corrected chi connectivity index (χ1v) is 8.39. The van der Waals surface area contributed by atoms with Crippen LogP contribution in [-0.4, -0.2) is 24.7 Å². The molecule has 0 aliphatic heterocycles. The standard InChI is InChI=1S/C13H26N4O2S/c1-6-7-17-9-11(12(14)16-17)20(18,19)15-8-10(2)13(3,4)5/h9-10,15H,6-8H2,1-5H3,(H2,14,16). The van der Waals surface area contributed by atoms with Crippen LogP contribution in [-0.2, 0) is 16.6 Å². The Morgan fingerprint density at radius 2 is 2.05 bits per heavy atom. The minimum atomic E-state index is -3.60. The Kier molecular flexibility index (Phi) is 5.21. The highest BCUT2D eigenvalue weighted by molar-refractivity contribution is 7.89. The second-order valence-corrected chi connectivity index (χ2v) is 8.00. The molecule has 116 valence electrons. The number of sulfonamides is 1. The van der Waals surface area contributed by atoms with Gasteiger partial charge in [0, 0.05) is 19.3 Å². The van der Waals surface area contributed by atoms with Gasteiger partial charge in [-0.2, -0.15) is 5.10 Å². The maximum Gasteiger partial charge on any atom is 0.245 e. The van der Waals surface area contributed by atoms with Crippen molar-refractivity contribution in [1.82, 2.24) is 14.5 Å². The average molecular weight is 302 g/mol. The van der Waals surface area contributed by atoms with Crippen molar-refractivity contribution in [3.8, 4) is 0 Å². The Labute approximate surface area is 121 Å². The molecule has 0 saturated carbocycles. The molecule has 1 aromatic heterocycles. The smallest absolute Gasteiger partial charge is 0.245 e. The van der Waals surface area contributed by atoms with Crippen LogP contribution in [0.15, 0.2) is 11.1 Å². The molecule has 1 aromatic rings. The van der Waals surface area contributed by atoms with Crippen molar-refractivity contribution in [2.75, 3.05) is 12.3 Å². The van der Waals surface area contributed by atoms with E-state index in [4.69, 9.17) is 5.73 Å². The first-order chi connectivity index (χ1) is 9.08. The van der Waals surface area contributed by atoms with Crippen LogP contribution < -0.4 is 10.5 Å². The second-order valence-electron chi connectivity index (χ2n) is 6.26. The molecule has 0 fully saturated rings. The molecule has 1 rings (SSSR count). The van der Waals surface area contributed by atoms with E-state index in [1.807, 2.05) is 13.8 Å². The predicted octanol–water partition coefficient (Wildman–Crippen LogP) is 1.84. The van der Waals surface area contributed by atoms with E-state index in [-0.39, 0.29) is 22.0 Å². The van der Waals surface area contributed by atoms with E-state index >= 15 is 0 Å². The molecule has 0 bridgehead atoms. The monoisotopic (exact) mass is 302 g/mol. The normalized spacial score (nSPS) is 14.4. The lowest BCUT2D eigenvalue weighted by Crippen LogP contribution is -2.33. The summed E-state index contributed by atoms with van der Waals surface area (Å²) in [5.41, 5.74) is 5.74. The van der Waals surface area contributed by atoms with Crippen LogP contribution in [0.5, 0.6) is 0 Å². The molecule has 0 aliphatic rings. The Balaban J connectivity index is 2.84. The number of nitrogens with one attached hydrogen (secondary N) is 1. The van der Waals surface area contributed by atoms with Gasteiger partial charge in [0.05, 0.1) is 0 Å². The number of nitrogens with two attached hydrogens (primary N) is 1. The van der Waals surface area contributed by atoms with Crippen molar-refractivity contribution in [1.29, 1.82) is 0 Å². The zero-order chi connectivity index (χ0) is 15.6. The lowest BCUT2D eigenvalue weighted by atomic mass is 9.82. The van der Waals surface area contributed by atoms with Gasteiger partial charge in [0.1, 0.15) is 4.90 Å². The van der Waals surface area contributed by atoms with E-state index in [0.717, 1.165) is 6.42 Å². The molecule has 0 radical (unpaired) electrons. The first-order valence-electron chi connectivity index (χ1n) is 6.90. The largest absolute Gasteiger partial charge is 0.381 e. The summed E-state index contributed by atoms with van der Waals surface area (Å²) in [6.45, 7) is 11.3. The van der Waals surface area contributed by atoms with Crippen LogP contribution in [0.3, 0.4) is 0 Å². The SMILES string of the molecule is CCCn1cc(S(=O)(=O)NCC(C)C(C)(C)C)c(N)n1. The molecule has 1 heterocycles. The fourth-order valence-corrected chi connectivity index (χ4v) is 2.79. The quantitative estimate of drug-likeness (QED) is 0.839. The zero-order valence-electron chi connectivity index (χ0n) is 13.0. The van der Waals surface area contributed by atoms with Crippen molar-refractivity contribution >= 4 is 15.8 Å². The number of rotatable bonds is 6. The topological polar surface area (TPSA) is 90.0 Å². The number of aromatic nitrogens is 2. The molecule has 0 saturated heterocycles. The second kappa shape index (κ2) is 6.13. The number of nitrogens with zero attached hydrogens (tertiary/aromatic N) is 2. The number of anilines is 1. The predicted molar refractivity (Wildman–Crippen MR) is 80.7 cm³/mol. The molecule has 0 aromatic carbocycles. The summed E-state index contributed by atoms with van der Waals surface area (Å²) in [6, 6.07) is 0. The van der Waals surface area contributed by atoms with E-state index in [9.17, 15) is 8.42 Å². The molecule has 1 atom stereocenters. The molecule has 7 heteroatoms. The van der Waals surface area contributed by atoms with E-state index in [2.05, 4.69) is 30.6 Å². The summed E-state index contributed by atoms with van der Waals surface area (Å²) in [5.74, 6) is 0.263. The lowest BCUT2D eigenvalue weighted by Gasteiger charge is -2.27. The molecule has 3 N–H and O–H groups in total. The van der Waals surface area contributed by atoms with Gasteiger partial charge in [0.15, 0.2) is 5.82 Å². The van der Waals surface area contributed by atoms with Crippen LogP contribution >= 0.6 is 0 Å². The third-order valence-corrected chi connectivity index (χ3v) is 5.00. The fourth-order valence-electron chi connectivity index (χ4n) is 1.59. The summed E-state index contributed by atoms with van der Waals surface area (Å²) in [7, 11) is -3.60. The molecule has 0 amide bonds. The summed E-state index contributed by atoms with van der Waals surface area (Å²) in [4.78, 5) is 0.0621. The molecular weight excluding hydrogens is 276 g/mol. The maximum absolute atomic E-state index is 12.3. The van der Waals surface area contributed by atoms with Crippen molar-refractivity contribution < 1.29 is 8.42 Å². The van der Waals surface area contributed by atoms with Crippen LogP contribution in [0.4, 0.5) is 5.82 Å². The van der Waals surface area contributed by atoms with Gasteiger partial charge >= 0.3 is 0 Å². The van der Waals surface area contributed by atoms with E-state index in [1.54, 1.807) is 4.68 Å². The zero-order valence-corrected chi connectivity index (χ0v) is 13.8. The van der Waals surface area contributed by atoms with Crippen LogP contribution in [0, 0.1) is 11.3 Å². The number of aryl methyl sites for hydroxylation is 1. The van der Waals surface area contributed by atoms with Crippen molar-refractivity contribution in [2.45, 2.75) is 52.5 Å². The average Bonchev–Trinajstić information content (AvgIpc) is 2.67. The third-order valence-electron chi connectivity index (χ3n) is 3.56. The first kappa shape index (κ1) is 17.0. The van der Waals surface area contributed by atoms with Gasteiger partial charge in [-0.15, -0.1) is 0 Å². The molecule has 6 nitrogen and oxygen atoms in total. The Hall–Kier alpha value is -1.08.